The summed E-state index contributed by atoms with van der Waals surface area (Å²) in [5.41, 5.74) is 2.02. The number of benzene rings is 3. The van der Waals surface area contributed by atoms with Gasteiger partial charge in [0.1, 0.15) is 0 Å². The third-order valence-electron chi connectivity index (χ3n) is 5.77. The molecule has 0 bridgehead atoms. The topological polar surface area (TPSA) is 104 Å². The largest absolute Gasteiger partial charge is 0.493 e. The molecular weight excluding hydrogens is 464 g/mol. The van der Waals surface area contributed by atoms with Crippen molar-refractivity contribution in [3.05, 3.63) is 90.0 Å². The molecule has 180 valence electrons. The van der Waals surface area contributed by atoms with Gasteiger partial charge in [0, 0.05) is 24.0 Å². The zero-order valence-corrected chi connectivity index (χ0v) is 20.3. The molecule has 35 heavy (non-hydrogen) atoms. The van der Waals surface area contributed by atoms with Gasteiger partial charge in [-0.25, -0.2) is 8.42 Å². The van der Waals surface area contributed by atoms with E-state index >= 15 is 0 Å². The van der Waals surface area contributed by atoms with E-state index in [1.54, 1.807) is 24.5 Å². The molecule has 0 fully saturated rings. The predicted octanol–water partition coefficient (Wildman–Crippen LogP) is 5.35. The minimum atomic E-state index is -3.72. The number of carbonyl (C=O) groups excluding carboxylic acids is 1. The van der Waals surface area contributed by atoms with Gasteiger partial charge >= 0.3 is 0 Å². The molecule has 0 aliphatic carbocycles. The van der Waals surface area contributed by atoms with Crippen LogP contribution in [0.3, 0.4) is 0 Å². The van der Waals surface area contributed by atoms with Crippen molar-refractivity contribution < 1.29 is 18.3 Å². The van der Waals surface area contributed by atoms with Crippen molar-refractivity contribution in [1.29, 1.82) is 0 Å². The lowest BCUT2D eigenvalue weighted by Gasteiger charge is -2.18. The maximum atomic E-state index is 12.8. The van der Waals surface area contributed by atoms with Crippen LogP contribution in [0.15, 0.2) is 94.0 Å². The van der Waals surface area contributed by atoms with Gasteiger partial charge in [-0.2, -0.15) is 4.31 Å². The highest BCUT2D eigenvalue weighted by Crippen LogP contribution is 2.39. The second-order valence-corrected chi connectivity index (χ2v) is 9.82. The maximum Gasteiger partial charge on any atom is 0.295 e. The molecule has 1 heterocycles. The number of carbonyl (C=O) groups is 1. The van der Waals surface area contributed by atoms with Gasteiger partial charge < -0.3 is 9.67 Å². The summed E-state index contributed by atoms with van der Waals surface area (Å²) in [6.45, 7) is 4.57. The Morgan fingerprint density at radius 2 is 1.63 bits per heavy atom. The molecule has 4 rings (SSSR count). The molecular formula is C26H26N4O4S. The van der Waals surface area contributed by atoms with E-state index in [2.05, 4.69) is 10.2 Å². The van der Waals surface area contributed by atoms with E-state index in [0.717, 1.165) is 11.1 Å². The summed E-state index contributed by atoms with van der Waals surface area (Å²) in [6, 6.07) is 22.8. The Morgan fingerprint density at radius 1 is 0.943 bits per heavy atom. The number of amides is 1. The predicted molar refractivity (Wildman–Crippen MR) is 135 cm³/mol. The molecule has 3 aromatic carbocycles. The van der Waals surface area contributed by atoms with Gasteiger partial charge in [0.05, 0.1) is 17.0 Å². The lowest BCUT2D eigenvalue weighted by Crippen LogP contribution is -2.30. The van der Waals surface area contributed by atoms with Gasteiger partial charge in [-0.3, -0.25) is 4.79 Å². The monoisotopic (exact) mass is 490 g/mol. The number of para-hydroxylation sites is 1. The highest BCUT2D eigenvalue weighted by atomic mass is 32.2. The van der Waals surface area contributed by atoms with Gasteiger partial charge in [0.25, 0.3) is 5.91 Å². The van der Waals surface area contributed by atoms with Crippen molar-refractivity contribution in [2.75, 3.05) is 13.1 Å². The van der Waals surface area contributed by atoms with Crippen LogP contribution in [0.2, 0.25) is 0 Å². The molecule has 0 saturated heterocycles. The van der Waals surface area contributed by atoms with E-state index in [0.29, 0.717) is 25.0 Å². The maximum absolute atomic E-state index is 12.8. The van der Waals surface area contributed by atoms with Crippen LogP contribution < -0.4 is 0 Å². The minimum absolute atomic E-state index is 0.0181. The van der Waals surface area contributed by atoms with Crippen molar-refractivity contribution in [2.24, 2.45) is 10.2 Å². The highest BCUT2D eigenvalue weighted by Gasteiger charge is 2.23. The standard InChI is InChI=1S/C26H26N4O4S/c1-3-29(4-2)35(33,34)21-14-10-13-20(17-21)25(31)28-27-24-22-15-8-9-16-23(22)30(26(24)32)18-19-11-6-5-7-12-19/h5-17,32H,3-4,18H2,1-2H3. The summed E-state index contributed by atoms with van der Waals surface area (Å²) in [5.74, 6) is -0.814. The third-order valence-corrected chi connectivity index (χ3v) is 7.81. The number of aromatic hydroxyl groups is 1. The number of sulfonamides is 1. The Kier molecular flexibility index (Phi) is 7.09. The number of fused-ring (bicyclic) bond motifs is 1. The molecule has 1 N–H and O–H groups in total. The van der Waals surface area contributed by atoms with E-state index in [-0.39, 0.29) is 22.0 Å². The van der Waals surface area contributed by atoms with Crippen LogP contribution >= 0.6 is 0 Å². The molecule has 0 unspecified atom stereocenters. The SMILES string of the molecule is CCN(CC)S(=O)(=O)c1cccc(C(=O)N=Nc2c(O)n(Cc3ccccc3)c3ccccc23)c1. The lowest BCUT2D eigenvalue weighted by atomic mass is 10.2. The second kappa shape index (κ2) is 10.2. The van der Waals surface area contributed by atoms with Crippen LogP contribution in [-0.4, -0.2) is 41.4 Å². The van der Waals surface area contributed by atoms with E-state index in [1.807, 2.05) is 48.5 Å². The summed E-state index contributed by atoms with van der Waals surface area (Å²) in [7, 11) is -3.72. The first kappa shape index (κ1) is 24.3. The first-order chi connectivity index (χ1) is 16.9. The van der Waals surface area contributed by atoms with E-state index < -0.39 is 15.9 Å². The van der Waals surface area contributed by atoms with Crippen molar-refractivity contribution in [2.45, 2.75) is 25.3 Å². The first-order valence-electron chi connectivity index (χ1n) is 11.3. The van der Waals surface area contributed by atoms with Crippen LogP contribution in [0.25, 0.3) is 10.9 Å². The fourth-order valence-electron chi connectivity index (χ4n) is 3.95. The fourth-order valence-corrected chi connectivity index (χ4v) is 5.46. The molecule has 0 spiro atoms. The summed E-state index contributed by atoms with van der Waals surface area (Å²) in [5, 5.41) is 19.5. The highest BCUT2D eigenvalue weighted by molar-refractivity contribution is 7.89. The van der Waals surface area contributed by atoms with Crippen LogP contribution in [0.1, 0.15) is 29.8 Å². The molecule has 1 amide bonds. The average Bonchev–Trinajstić information content (AvgIpc) is 3.14. The Hall–Kier alpha value is -3.82. The number of hydrogen-bond donors (Lipinski definition) is 1. The number of hydrogen-bond acceptors (Lipinski definition) is 5. The molecule has 0 saturated carbocycles. The Morgan fingerprint density at radius 3 is 2.34 bits per heavy atom. The second-order valence-electron chi connectivity index (χ2n) is 7.88. The molecule has 8 nitrogen and oxygen atoms in total. The number of aromatic nitrogens is 1. The zero-order valence-electron chi connectivity index (χ0n) is 19.5. The third kappa shape index (κ3) is 4.87. The molecule has 9 heteroatoms. The fraction of sp³-hybridized carbons (Fsp3) is 0.192. The normalized spacial score (nSPS) is 12.1. The molecule has 0 aliphatic rings. The first-order valence-corrected chi connectivity index (χ1v) is 12.7. The Balaban J connectivity index is 1.67. The van der Waals surface area contributed by atoms with Gasteiger partial charge in [0.2, 0.25) is 15.9 Å². The van der Waals surface area contributed by atoms with Crippen LogP contribution in [0, 0.1) is 0 Å². The van der Waals surface area contributed by atoms with Crippen LogP contribution in [0.4, 0.5) is 5.69 Å². The smallest absolute Gasteiger partial charge is 0.295 e. The zero-order chi connectivity index (χ0) is 25.0. The van der Waals surface area contributed by atoms with Crippen LogP contribution in [-0.2, 0) is 16.6 Å². The summed E-state index contributed by atoms with van der Waals surface area (Å²) in [6.07, 6.45) is 0. The number of azo groups is 1. The summed E-state index contributed by atoms with van der Waals surface area (Å²) in [4.78, 5) is 12.8. The summed E-state index contributed by atoms with van der Waals surface area (Å²) >= 11 is 0. The number of rotatable bonds is 8. The van der Waals surface area contributed by atoms with E-state index in [9.17, 15) is 18.3 Å². The van der Waals surface area contributed by atoms with Crippen molar-refractivity contribution in [3.63, 3.8) is 0 Å². The van der Waals surface area contributed by atoms with Crippen molar-refractivity contribution in [3.8, 4) is 5.88 Å². The average molecular weight is 491 g/mol. The molecule has 1 aromatic heterocycles. The Labute approximate surface area is 204 Å². The van der Waals surface area contributed by atoms with Gasteiger partial charge in [-0.1, -0.05) is 68.4 Å². The van der Waals surface area contributed by atoms with Crippen LogP contribution in [0.5, 0.6) is 5.88 Å². The summed E-state index contributed by atoms with van der Waals surface area (Å²) < 4.78 is 28.7. The van der Waals surface area contributed by atoms with Crippen molar-refractivity contribution in [1.82, 2.24) is 8.87 Å². The van der Waals surface area contributed by atoms with Gasteiger partial charge in [-0.05, 0) is 29.8 Å². The Bertz CT molecular complexity index is 1490. The van der Waals surface area contributed by atoms with Gasteiger partial charge in [-0.15, -0.1) is 10.2 Å². The molecule has 0 radical (unpaired) electrons. The molecule has 0 atom stereocenters. The van der Waals surface area contributed by atoms with E-state index in [1.165, 1.54) is 28.6 Å². The molecule has 4 aromatic rings. The van der Waals surface area contributed by atoms with Gasteiger partial charge in [0.15, 0.2) is 5.69 Å². The quantitative estimate of drug-likeness (QED) is 0.336. The minimum Gasteiger partial charge on any atom is -0.493 e. The lowest BCUT2D eigenvalue weighted by molar-refractivity contribution is 0.0995. The van der Waals surface area contributed by atoms with Crippen molar-refractivity contribution >= 4 is 32.5 Å². The molecule has 0 aliphatic heterocycles. The number of nitrogens with zero attached hydrogens (tertiary/aromatic N) is 4. The van der Waals surface area contributed by atoms with E-state index in [4.69, 9.17) is 0 Å².